The zero-order valence-electron chi connectivity index (χ0n) is 23.3. The van der Waals surface area contributed by atoms with E-state index in [1.165, 1.54) is 34.7 Å². The third-order valence-electron chi connectivity index (χ3n) is 6.50. The van der Waals surface area contributed by atoms with E-state index in [-0.39, 0.29) is 17.3 Å². The molecular weight excluding hydrogens is 559 g/mol. The summed E-state index contributed by atoms with van der Waals surface area (Å²) < 4.78 is 26.4. The van der Waals surface area contributed by atoms with Gasteiger partial charge in [-0.1, -0.05) is 11.8 Å². The van der Waals surface area contributed by atoms with E-state index in [0.717, 1.165) is 37.5 Å². The first-order valence-corrected chi connectivity index (χ1v) is 13.8. The fourth-order valence-electron chi connectivity index (χ4n) is 4.33. The molecule has 0 aliphatic rings. The van der Waals surface area contributed by atoms with Crippen LogP contribution >= 0.6 is 11.8 Å². The van der Waals surface area contributed by atoms with Gasteiger partial charge in [-0.15, -0.1) is 0 Å². The van der Waals surface area contributed by atoms with Crippen LogP contribution in [0.1, 0.15) is 30.2 Å². The summed E-state index contributed by atoms with van der Waals surface area (Å²) in [5, 5.41) is 4.41. The minimum atomic E-state index is -0.801. The lowest BCUT2D eigenvalue weighted by Crippen LogP contribution is -2.42. The number of ether oxygens (including phenoxy) is 2. The van der Waals surface area contributed by atoms with Crippen molar-refractivity contribution in [2.45, 2.75) is 29.8 Å². The summed E-state index contributed by atoms with van der Waals surface area (Å²) in [4.78, 5) is 45.1. The van der Waals surface area contributed by atoms with E-state index in [1.54, 1.807) is 40.2 Å². The first-order valence-electron chi connectivity index (χ1n) is 12.9. The van der Waals surface area contributed by atoms with Crippen molar-refractivity contribution in [1.82, 2.24) is 14.1 Å². The van der Waals surface area contributed by atoms with E-state index in [1.807, 2.05) is 36.4 Å². The zero-order valence-corrected chi connectivity index (χ0v) is 24.1. The number of amides is 1. The molecule has 0 saturated carbocycles. The summed E-state index contributed by atoms with van der Waals surface area (Å²) >= 11 is 1.45. The van der Waals surface area contributed by atoms with Crippen molar-refractivity contribution in [3.63, 3.8) is 0 Å². The number of anilines is 1. The maximum atomic E-state index is 13.5. The molecule has 5 aromatic rings. The Bertz CT molecular complexity index is 1900. The number of hydrogen-bond acceptors (Lipinski definition) is 7. The van der Waals surface area contributed by atoms with Gasteiger partial charge in [0.2, 0.25) is 0 Å². The third-order valence-corrected chi connectivity index (χ3v) is 7.45. The Labute approximate surface area is 244 Å². The lowest BCUT2D eigenvalue weighted by Gasteiger charge is -2.15. The minimum Gasteiger partial charge on any atom is -0.493 e. The van der Waals surface area contributed by atoms with Gasteiger partial charge in [0, 0.05) is 34.3 Å². The summed E-state index contributed by atoms with van der Waals surface area (Å²) in [6.07, 6.45) is 1.25. The van der Waals surface area contributed by atoms with E-state index in [9.17, 15) is 18.8 Å². The van der Waals surface area contributed by atoms with Gasteiger partial charge in [0.05, 0.1) is 25.4 Å². The third kappa shape index (κ3) is 5.77. The minimum absolute atomic E-state index is 0.164. The molecular formula is C31H27FN4O5S. The number of nitrogens with one attached hydrogen (secondary N) is 1. The van der Waals surface area contributed by atoms with Gasteiger partial charge in [0.1, 0.15) is 16.4 Å². The topological polar surface area (TPSA) is 104 Å². The number of methoxy groups -OCH3 is 2. The first-order chi connectivity index (χ1) is 20.2. The molecule has 0 fully saturated rings. The fourth-order valence-corrected chi connectivity index (χ4v) is 5.12. The van der Waals surface area contributed by atoms with Crippen molar-refractivity contribution in [2.75, 3.05) is 19.5 Å². The number of benzene rings is 3. The summed E-state index contributed by atoms with van der Waals surface area (Å²) in [5.74, 6) is 0.0326. The monoisotopic (exact) mass is 586 g/mol. The van der Waals surface area contributed by atoms with E-state index in [0.29, 0.717) is 17.2 Å². The van der Waals surface area contributed by atoms with Crippen molar-refractivity contribution in [3.05, 3.63) is 111 Å². The maximum absolute atomic E-state index is 13.5. The number of carbonyl (C=O) groups is 1. The molecule has 0 saturated heterocycles. The Morgan fingerprint density at radius 3 is 2.24 bits per heavy atom. The number of pyridine rings is 1. The normalized spacial score (nSPS) is 11.1. The van der Waals surface area contributed by atoms with Gasteiger partial charge in [-0.05, 0) is 80.6 Å². The lowest BCUT2D eigenvalue weighted by atomic mass is 10.2. The van der Waals surface area contributed by atoms with Gasteiger partial charge in [-0.25, -0.2) is 18.7 Å². The van der Waals surface area contributed by atoms with Crippen LogP contribution in [0.25, 0.3) is 16.6 Å². The Balaban J connectivity index is 1.38. The number of halogens is 1. The second-order valence-corrected chi connectivity index (χ2v) is 10.7. The highest BCUT2D eigenvalue weighted by molar-refractivity contribution is 7.99. The van der Waals surface area contributed by atoms with E-state index in [4.69, 9.17) is 14.5 Å². The van der Waals surface area contributed by atoms with Gasteiger partial charge in [0.15, 0.2) is 11.5 Å². The van der Waals surface area contributed by atoms with Gasteiger partial charge in [0.25, 0.3) is 11.5 Å². The van der Waals surface area contributed by atoms with Gasteiger partial charge >= 0.3 is 5.69 Å². The van der Waals surface area contributed by atoms with Crippen LogP contribution in [0.3, 0.4) is 0 Å². The van der Waals surface area contributed by atoms with Crippen LogP contribution in [0.2, 0.25) is 0 Å². The van der Waals surface area contributed by atoms with Crippen LogP contribution in [0, 0.1) is 5.82 Å². The Hall–Kier alpha value is -4.90. The second kappa shape index (κ2) is 11.9. The zero-order chi connectivity index (χ0) is 30.0. The molecule has 11 heteroatoms. The van der Waals surface area contributed by atoms with Crippen LogP contribution in [-0.2, 0) is 0 Å². The summed E-state index contributed by atoms with van der Waals surface area (Å²) in [6.45, 7) is 3.52. The molecule has 42 heavy (non-hydrogen) atoms. The molecule has 0 radical (unpaired) electrons. The van der Waals surface area contributed by atoms with Crippen molar-refractivity contribution >= 4 is 34.3 Å². The second-order valence-electron chi connectivity index (χ2n) is 9.57. The van der Waals surface area contributed by atoms with Gasteiger partial charge in [-0.3, -0.25) is 14.2 Å². The average Bonchev–Trinajstić information content (AvgIpc) is 2.98. The van der Waals surface area contributed by atoms with Gasteiger partial charge < -0.3 is 14.8 Å². The molecule has 0 aliphatic carbocycles. The molecule has 5 rings (SSSR count). The number of fused-ring (bicyclic) bond motifs is 1. The predicted octanol–water partition coefficient (Wildman–Crippen LogP) is 5.69. The van der Waals surface area contributed by atoms with E-state index < -0.39 is 23.0 Å². The molecule has 3 aromatic carbocycles. The highest BCUT2D eigenvalue weighted by Gasteiger charge is 2.20. The molecule has 214 valence electrons. The van der Waals surface area contributed by atoms with Crippen molar-refractivity contribution in [2.24, 2.45) is 0 Å². The highest BCUT2D eigenvalue weighted by atomic mass is 32.2. The molecule has 1 N–H and O–H groups in total. The molecule has 0 unspecified atom stereocenters. The maximum Gasteiger partial charge on any atom is 0.335 e. The Kier molecular flexibility index (Phi) is 8.12. The molecule has 9 nitrogen and oxygen atoms in total. The van der Waals surface area contributed by atoms with Crippen molar-refractivity contribution in [3.8, 4) is 17.2 Å². The first kappa shape index (κ1) is 28.6. The number of nitrogens with zero attached hydrogens (tertiary/aromatic N) is 3. The predicted molar refractivity (Wildman–Crippen MR) is 160 cm³/mol. The SMILES string of the molecule is COc1cc2ccc(Sc3ccc(NC(=O)c4cn(C(C)C)c(=O)n(-c5ccc(F)cc5)c4=O)cc3)nc2cc1OC. The van der Waals surface area contributed by atoms with E-state index >= 15 is 0 Å². The number of rotatable bonds is 8. The molecule has 2 aromatic heterocycles. The summed E-state index contributed by atoms with van der Waals surface area (Å²) in [7, 11) is 3.16. The smallest absolute Gasteiger partial charge is 0.335 e. The van der Waals surface area contributed by atoms with Crippen molar-refractivity contribution in [1.29, 1.82) is 0 Å². The Morgan fingerprint density at radius 1 is 0.929 bits per heavy atom. The molecule has 0 atom stereocenters. The van der Waals surface area contributed by atoms with Crippen LogP contribution in [0.15, 0.2) is 98.5 Å². The quantitative estimate of drug-likeness (QED) is 0.249. The number of carbonyl (C=O) groups excluding carboxylic acids is 1. The molecule has 0 aliphatic heterocycles. The Morgan fingerprint density at radius 2 is 1.60 bits per heavy atom. The highest BCUT2D eigenvalue weighted by Crippen LogP contribution is 2.34. The van der Waals surface area contributed by atoms with E-state index in [2.05, 4.69) is 5.32 Å². The van der Waals surface area contributed by atoms with Crippen LogP contribution in [0.5, 0.6) is 11.5 Å². The fraction of sp³-hybridized carbons (Fsp3) is 0.161. The van der Waals surface area contributed by atoms with Crippen LogP contribution in [-0.4, -0.2) is 34.2 Å². The summed E-state index contributed by atoms with van der Waals surface area (Å²) in [5.41, 5.74) is -0.266. The molecule has 0 spiro atoms. The molecule has 2 heterocycles. The molecule has 1 amide bonds. The van der Waals surface area contributed by atoms with Gasteiger partial charge in [-0.2, -0.15) is 0 Å². The number of aromatic nitrogens is 3. The lowest BCUT2D eigenvalue weighted by molar-refractivity contribution is 0.102. The molecule has 0 bridgehead atoms. The summed E-state index contributed by atoms with van der Waals surface area (Å²) in [6, 6.07) is 19.2. The van der Waals surface area contributed by atoms with Crippen LogP contribution < -0.4 is 26.0 Å². The largest absolute Gasteiger partial charge is 0.493 e. The van der Waals surface area contributed by atoms with Crippen molar-refractivity contribution < 1.29 is 18.7 Å². The standard InChI is InChI=1S/C31H27FN4O5S/c1-18(2)35-17-24(30(38)36(31(35)39)22-10-6-20(32)7-11-22)29(37)33-21-8-12-23(13-9-21)42-28-14-5-19-15-26(40-3)27(41-4)16-25(19)34-28/h5-18H,1-4H3,(H,33,37). The van der Waals surface area contributed by atoms with Crippen LogP contribution in [0.4, 0.5) is 10.1 Å². The average molecular weight is 587 g/mol. The number of hydrogen-bond donors (Lipinski definition) is 1.